The van der Waals surface area contributed by atoms with Crippen LogP contribution >= 0.6 is 34.8 Å². The summed E-state index contributed by atoms with van der Waals surface area (Å²) < 4.78 is 13.5. The van der Waals surface area contributed by atoms with Crippen LogP contribution in [0.15, 0.2) is 47.6 Å². The van der Waals surface area contributed by atoms with Crippen LogP contribution in [0.25, 0.3) is 0 Å². The summed E-state index contributed by atoms with van der Waals surface area (Å²) in [6.07, 6.45) is 0. The molecule has 2 rings (SSSR count). The van der Waals surface area contributed by atoms with Crippen molar-refractivity contribution < 1.29 is 4.39 Å². The summed E-state index contributed by atoms with van der Waals surface area (Å²) in [7, 11) is 0. The zero-order chi connectivity index (χ0) is 13.8. The predicted molar refractivity (Wildman–Crippen MR) is 78.9 cm³/mol. The Morgan fingerprint density at radius 3 is 2.53 bits per heavy atom. The minimum Gasteiger partial charge on any atom is -0.276 e. The maximum absolute atomic E-state index is 13.5. The van der Waals surface area contributed by atoms with Crippen molar-refractivity contribution in [3.05, 3.63) is 63.9 Å². The average Bonchev–Trinajstić information content (AvgIpc) is 2.38. The highest BCUT2D eigenvalue weighted by Gasteiger charge is 2.06. The number of hydrazone groups is 1. The van der Waals surface area contributed by atoms with Gasteiger partial charge in [-0.3, -0.25) is 5.43 Å². The molecule has 0 aromatic heterocycles. The number of benzene rings is 2. The topological polar surface area (TPSA) is 24.4 Å². The second kappa shape index (κ2) is 6.24. The molecule has 0 atom stereocenters. The molecule has 0 fully saturated rings. The lowest BCUT2D eigenvalue weighted by Gasteiger charge is -2.05. The molecule has 2 aromatic carbocycles. The molecule has 0 aliphatic heterocycles. The van der Waals surface area contributed by atoms with Crippen LogP contribution in [0.4, 0.5) is 10.1 Å². The van der Waals surface area contributed by atoms with Crippen molar-refractivity contribution in [2.75, 3.05) is 5.43 Å². The zero-order valence-electron chi connectivity index (χ0n) is 9.50. The lowest BCUT2D eigenvalue weighted by molar-refractivity contribution is 0.625. The molecule has 0 aliphatic carbocycles. The van der Waals surface area contributed by atoms with Crippen LogP contribution in [0.2, 0.25) is 10.0 Å². The first-order chi connectivity index (χ1) is 9.08. The van der Waals surface area contributed by atoms with Gasteiger partial charge in [0.2, 0.25) is 0 Å². The summed E-state index contributed by atoms with van der Waals surface area (Å²) in [6.45, 7) is 0. The SMILES string of the molecule is Fc1ccccc1/C(Cl)=N/Nc1ccc(Cl)cc1Cl. The summed E-state index contributed by atoms with van der Waals surface area (Å²) in [4.78, 5) is 0. The molecular weight excluding hydrogens is 310 g/mol. The molecule has 0 aliphatic rings. The van der Waals surface area contributed by atoms with Crippen molar-refractivity contribution in [1.29, 1.82) is 0 Å². The van der Waals surface area contributed by atoms with E-state index in [0.717, 1.165) is 0 Å². The van der Waals surface area contributed by atoms with Gasteiger partial charge in [-0.15, -0.1) is 0 Å². The highest BCUT2D eigenvalue weighted by atomic mass is 35.5. The molecule has 2 aromatic rings. The maximum Gasteiger partial charge on any atom is 0.159 e. The van der Waals surface area contributed by atoms with Crippen molar-refractivity contribution in [2.24, 2.45) is 5.10 Å². The molecule has 0 radical (unpaired) electrons. The summed E-state index contributed by atoms with van der Waals surface area (Å²) in [5, 5.41) is 4.80. The molecule has 0 unspecified atom stereocenters. The van der Waals surface area contributed by atoms with Gasteiger partial charge in [-0.05, 0) is 30.3 Å². The summed E-state index contributed by atoms with van der Waals surface area (Å²) >= 11 is 17.7. The predicted octanol–water partition coefficient (Wildman–Crippen LogP) is 5.15. The van der Waals surface area contributed by atoms with E-state index in [1.54, 1.807) is 30.3 Å². The van der Waals surface area contributed by atoms with E-state index in [4.69, 9.17) is 34.8 Å². The first-order valence-electron chi connectivity index (χ1n) is 5.27. The smallest absolute Gasteiger partial charge is 0.159 e. The number of hydrogen-bond acceptors (Lipinski definition) is 2. The lowest BCUT2D eigenvalue weighted by atomic mass is 10.2. The molecule has 0 spiro atoms. The van der Waals surface area contributed by atoms with Crippen molar-refractivity contribution in [3.8, 4) is 0 Å². The third kappa shape index (κ3) is 3.60. The number of nitrogens with one attached hydrogen (secondary N) is 1. The summed E-state index contributed by atoms with van der Waals surface area (Å²) in [5.74, 6) is -0.444. The van der Waals surface area contributed by atoms with Gasteiger partial charge in [0.05, 0.1) is 10.7 Å². The molecule has 0 amide bonds. The second-order valence-corrected chi connectivity index (χ2v) is 4.82. The molecule has 0 heterocycles. The van der Waals surface area contributed by atoms with Gasteiger partial charge < -0.3 is 0 Å². The second-order valence-electron chi connectivity index (χ2n) is 3.62. The highest BCUT2D eigenvalue weighted by molar-refractivity contribution is 6.69. The van der Waals surface area contributed by atoms with E-state index < -0.39 is 5.82 Å². The van der Waals surface area contributed by atoms with Gasteiger partial charge in [-0.25, -0.2) is 4.39 Å². The Bertz CT molecular complexity index is 629. The van der Waals surface area contributed by atoms with Crippen LogP contribution in [0.5, 0.6) is 0 Å². The Morgan fingerprint density at radius 1 is 1.11 bits per heavy atom. The molecule has 2 nitrogen and oxygen atoms in total. The molecule has 0 bridgehead atoms. The van der Waals surface area contributed by atoms with Crippen molar-refractivity contribution in [2.45, 2.75) is 0 Å². The monoisotopic (exact) mass is 316 g/mol. The van der Waals surface area contributed by atoms with E-state index in [0.29, 0.717) is 15.7 Å². The van der Waals surface area contributed by atoms with Gasteiger partial charge >= 0.3 is 0 Å². The van der Waals surface area contributed by atoms with Gasteiger partial charge in [-0.2, -0.15) is 5.10 Å². The van der Waals surface area contributed by atoms with Crippen LogP contribution in [-0.4, -0.2) is 5.17 Å². The van der Waals surface area contributed by atoms with E-state index in [1.807, 2.05) is 0 Å². The Kier molecular flexibility index (Phi) is 4.64. The zero-order valence-corrected chi connectivity index (χ0v) is 11.8. The van der Waals surface area contributed by atoms with Crippen LogP contribution in [0.3, 0.4) is 0 Å². The van der Waals surface area contributed by atoms with Gasteiger partial charge in [0, 0.05) is 10.6 Å². The highest BCUT2D eigenvalue weighted by Crippen LogP contribution is 2.25. The van der Waals surface area contributed by atoms with E-state index in [-0.39, 0.29) is 10.7 Å². The van der Waals surface area contributed by atoms with Crippen molar-refractivity contribution in [3.63, 3.8) is 0 Å². The number of nitrogens with zero attached hydrogens (tertiary/aromatic N) is 1. The molecule has 1 N–H and O–H groups in total. The quantitative estimate of drug-likeness (QED) is 0.615. The Labute approximate surface area is 124 Å². The summed E-state index contributed by atoms with van der Waals surface area (Å²) in [6, 6.07) is 11.0. The first kappa shape index (κ1) is 14.1. The van der Waals surface area contributed by atoms with E-state index in [2.05, 4.69) is 10.5 Å². The minimum absolute atomic E-state index is 0.00381. The fraction of sp³-hybridized carbons (Fsp3) is 0. The van der Waals surface area contributed by atoms with Crippen LogP contribution < -0.4 is 5.43 Å². The van der Waals surface area contributed by atoms with Gasteiger partial charge in [0.15, 0.2) is 5.17 Å². The number of rotatable bonds is 3. The normalized spacial score (nSPS) is 11.5. The van der Waals surface area contributed by atoms with Crippen LogP contribution in [0.1, 0.15) is 5.56 Å². The van der Waals surface area contributed by atoms with Gasteiger partial charge in [-0.1, -0.05) is 46.9 Å². The third-order valence-electron chi connectivity index (χ3n) is 2.30. The van der Waals surface area contributed by atoms with Crippen LogP contribution in [0, 0.1) is 5.82 Å². The number of anilines is 1. The van der Waals surface area contributed by atoms with E-state index in [9.17, 15) is 4.39 Å². The largest absolute Gasteiger partial charge is 0.276 e. The van der Waals surface area contributed by atoms with Crippen molar-refractivity contribution in [1.82, 2.24) is 0 Å². The summed E-state index contributed by atoms with van der Waals surface area (Å²) in [5.41, 5.74) is 3.40. The maximum atomic E-state index is 13.5. The van der Waals surface area contributed by atoms with Gasteiger partial charge in [0.25, 0.3) is 0 Å². The van der Waals surface area contributed by atoms with Crippen molar-refractivity contribution >= 4 is 45.7 Å². The Morgan fingerprint density at radius 2 is 1.84 bits per heavy atom. The molecule has 0 saturated carbocycles. The fourth-order valence-electron chi connectivity index (χ4n) is 1.38. The molecule has 0 saturated heterocycles. The standard InChI is InChI=1S/C13H8Cl3FN2/c14-8-5-6-12(10(15)7-8)18-19-13(16)9-3-1-2-4-11(9)17/h1-7,18H/b19-13-. The molecule has 6 heteroatoms. The van der Waals surface area contributed by atoms with Crippen LogP contribution in [-0.2, 0) is 0 Å². The average molecular weight is 318 g/mol. The number of hydrogen-bond donors (Lipinski definition) is 1. The molecule has 19 heavy (non-hydrogen) atoms. The number of halogens is 4. The fourth-order valence-corrected chi connectivity index (χ4v) is 2.02. The van der Waals surface area contributed by atoms with E-state index in [1.165, 1.54) is 12.1 Å². The Hall–Kier alpha value is -1.29. The molecular formula is C13H8Cl3FN2. The first-order valence-corrected chi connectivity index (χ1v) is 6.40. The third-order valence-corrected chi connectivity index (χ3v) is 3.14. The van der Waals surface area contributed by atoms with E-state index >= 15 is 0 Å². The minimum atomic E-state index is -0.444. The Balaban J connectivity index is 2.21. The lowest BCUT2D eigenvalue weighted by Crippen LogP contribution is -2.00. The van der Waals surface area contributed by atoms with Gasteiger partial charge in [0.1, 0.15) is 5.82 Å². The molecule has 98 valence electrons.